The number of carbonyl (C=O) groups excluding carboxylic acids is 1. The number of benzene rings is 2. The molecule has 1 N–H and O–H groups in total. The number of rotatable bonds is 10. The summed E-state index contributed by atoms with van der Waals surface area (Å²) < 4.78 is 30.2. The Morgan fingerprint density at radius 3 is 2.39 bits per heavy atom. The SMILES string of the molecule is CC(C)COc1ccc(N(C(=O)NCc2ccc(F)cc2)C2CCN(CCC3OCCO3)CC2)cc1. The molecule has 0 bridgehead atoms. The van der Waals surface area contributed by atoms with E-state index in [2.05, 4.69) is 24.1 Å². The number of nitrogens with zero attached hydrogens (tertiary/aromatic N) is 2. The van der Waals surface area contributed by atoms with E-state index in [1.165, 1.54) is 12.1 Å². The maximum Gasteiger partial charge on any atom is 0.322 e. The molecule has 2 aliphatic heterocycles. The number of amides is 2. The fraction of sp³-hybridized carbons (Fsp3) is 0.536. The van der Waals surface area contributed by atoms with Crippen molar-refractivity contribution >= 4 is 11.7 Å². The third kappa shape index (κ3) is 7.66. The standard InChI is InChI=1S/C28H38FN3O4/c1-21(2)20-36-26-9-7-24(8-10-26)32(28(33)30-19-22-3-5-23(29)6-4-22)25-11-14-31(15-12-25)16-13-27-34-17-18-35-27/h3-10,21,25,27H,11-20H2,1-2H3,(H,30,33). The van der Waals surface area contributed by atoms with Crippen LogP contribution in [0.1, 0.15) is 38.7 Å². The predicted molar refractivity (Wildman–Crippen MR) is 138 cm³/mol. The van der Waals surface area contributed by atoms with Crippen LogP contribution in [-0.2, 0) is 16.0 Å². The molecular weight excluding hydrogens is 461 g/mol. The van der Waals surface area contributed by atoms with E-state index in [9.17, 15) is 9.18 Å². The number of urea groups is 1. The van der Waals surface area contributed by atoms with Gasteiger partial charge in [-0.3, -0.25) is 4.90 Å². The second-order valence-corrected chi connectivity index (χ2v) is 9.89. The van der Waals surface area contributed by atoms with Gasteiger partial charge in [0.05, 0.1) is 19.8 Å². The molecular formula is C28H38FN3O4. The molecule has 0 saturated carbocycles. The van der Waals surface area contributed by atoms with Gasteiger partial charge in [-0.15, -0.1) is 0 Å². The van der Waals surface area contributed by atoms with Crippen molar-refractivity contribution in [3.05, 3.63) is 59.9 Å². The molecule has 36 heavy (non-hydrogen) atoms. The molecule has 0 atom stereocenters. The summed E-state index contributed by atoms with van der Waals surface area (Å²) in [5.74, 6) is 0.949. The first kappa shape index (κ1) is 26.4. The number of hydrogen-bond donors (Lipinski definition) is 1. The second-order valence-electron chi connectivity index (χ2n) is 9.89. The van der Waals surface area contributed by atoms with Crippen LogP contribution in [-0.4, -0.2) is 62.7 Å². The number of nitrogens with one attached hydrogen (secondary N) is 1. The number of halogens is 1. The van der Waals surface area contributed by atoms with Crippen LogP contribution in [0.5, 0.6) is 5.75 Å². The summed E-state index contributed by atoms with van der Waals surface area (Å²) in [6.45, 7) is 9.32. The highest BCUT2D eigenvalue weighted by molar-refractivity contribution is 5.92. The quantitative estimate of drug-likeness (QED) is 0.509. The van der Waals surface area contributed by atoms with Crippen LogP contribution >= 0.6 is 0 Å². The van der Waals surface area contributed by atoms with Crippen molar-refractivity contribution in [2.75, 3.05) is 44.4 Å². The van der Waals surface area contributed by atoms with Crippen LogP contribution in [0.2, 0.25) is 0 Å². The lowest BCUT2D eigenvalue weighted by atomic mass is 10.0. The highest BCUT2D eigenvalue weighted by Crippen LogP contribution is 2.27. The number of anilines is 1. The summed E-state index contributed by atoms with van der Waals surface area (Å²) in [6.07, 6.45) is 2.53. The average molecular weight is 500 g/mol. The highest BCUT2D eigenvalue weighted by atomic mass is 19.1. The van der Waals surface area contributed by atoms with Gasteiger partial charge >= 0.3 is 6.03 Å². The Balaban J connectivity index is 1.39. The van der Waals surface area contributed by atoms with Crippen molar-refractivity contribution in [2.24, 2.45) is 5.92 Å². The van der Waals surface area contributed by atoms with Crippen LogP contribution < -0.4 is 15.0 Å². The number of piperidine rings is 1. The van der Waals surface area contributed by atoms with Gasteiger partial charge in [-0.05, 0) is 60.7 Å². The molecule has 196 valence electrons. The van der Waals surface area contributed by atoms with E-state index in [0.717, 1.165) is 55.9 Å². The van der Waals surface area contributed by atoms with Crippen molar-refractivity contribution in [1.29, 1.82) is 0 Å². The van der Waals surface area contributed by atoms with E-state index in [-0.39, 0.29) is 24.2 Å². The van der Waals surface area contributed by atoms with Gasteiger partial charge in [0.25, 0.3) is 0 Å². The summed E-state index contributed by atoms with van der Waals surface area (Å²) in [5, 5.41) is 3.03. The van der Waals surface area contributed by atoms with E-state index < -0.39 is 0 Å². The second kappa shape index (κ2) is 13.0. The zero-order chi connectivity index (χ0) is 25.3. The molecule has 0 aliphatic carbocycles. The zero-order valence-corrected chi connectivity index (χ0v) is 21.3. The highest BCUT2D eigenvalue weighted by Gasteiger charge is 2.30. The van der Waals surface area contributed by atoms with Crippen LogP contribution in [0.25, 0.3) is 0 Å². The van der Waals surface area contributed by atoms with E-state index in [1.807, 2.05) is 29.2 Å². The molecule has 4 rings (SSSR count). The monoisotopic (exact) mass is 499 g/mol. The molecule has 0 unspecified atom stereocenters. The molecule has 2 aliphatic rings. The van der Waals surface area contributed by atoms with Crippen LogP contribution in [0.15, 0.2) is 48.5 Å². The lowest BCUT2D eigenvalue weighted by molar-refractivity contribution is -0.0523. The smallest absolute Gasteiger partial charge is 0.322 e. The van der Waals surface area contributed by atoms with Gasteiger partial charge in [0.15, 0.2) is 6.29 Å². The molecule has 8 heteroatoms. The Morgan fingerprint density at radius 2 is 1.75 bits per heavy atom. The maximum absolute atomic E-state index is 13.4. The van der Waals surface area contributed by atoms with Gasteiger partial charge < -0.3 is 24.4 Å². The molecule has 2 fully saturated rings. The topological polar surface area (TPSA) is 63.3 Å². The lowest BCUT2D eigenvalue weighted by Gasteiger charge is -2.38. The van der Waals surface area contributed by atoms with Crippen molar-refractivity contribution in [3.63, 3.8) is 0 Å². The Morgan fingerprint density at radius 1 is 1.08 bits per heavy atom. The van der Waals surface area contributed by atoms with Crippen LogP contribution in [0, 0.1) is 11.7 Å². The van der Waals surface area contributed by atoms with Crippen molar-refractivity contribution in [2.45, 2.75) is 52.0 Å². The van der Waals surface area contributed by atoms with Crippen LogP contribution in [0.4, 0.5) is 14.9 Å². The third-order valence-corrected chi connectivity index (χ3v) is 6.57. The number of ether oxygens (including phenoxy) is 3. The molecule has 2 heterocycles. The Kier molecular flexibility index (Phi) is 9.55. The van der Waals surface area contributed by atoms with Crippen LogP contribution in [0.3, 0.4) is 0 Å². The van der Waals surface area contributed by atoms with E-state index in [4.69, 9.17) is 14.2 Å². The number of carbonyl (C=O) groups is 1. The van der Waals surface area contributed by atoms with Crippen molar-refractivity contribution < 1.29 is 23.4 Å². The number of hydrogen-bond acceptors (Lipinski definition) is 5. The minimum absolute atomic E-state index is 0.0795. The Labute approximate surface area is 213 Å². The van der Waals surface area contributed by atoms with Crippen molar-refractivity contribution in [1.82, 2.24) is 10.2 Å². The molecule has 0 aromatic heterocycles. The molecule has 2 saturated heterocycles. The van der Waals surface area contributed by atoms with Gasteiger partial charge in [-0.25, -0.2) is 9.18 Å². The van der Waals surface area contributed by atoms with E-state index in [0.29, 0.717) is 32.3 Å². The molecule has 0 spiro atoms. The van der Waals surface area contributed by atoms with Crippen molar-refractivity contribution in [3.8, 4) is 5.75 Å². The fourth-order valence-corrected chi connectivity index (χ4v) is 4.59. The third-order valence-electron chi connectivity index (χ3n) is 6.57. The minimum Gasteiger partial charge on any atom is -0.493 e. The van der Waals surface area contributed by atoms with E-state index >= 15 is 0 Å². The number of likely N-dealkylation sites (tertiary alicyclic amines) is 1. The molecule has 2 aromatic rings. The van der Waals surface area contributed by atoms with Gasteiger partial charge in [0.2, 0.25) is 0 Å². The van der Waals surface area contributed by atoms with Gasteiger partial charge in [-0.1, -0.05) is 26.0 Å². The molecule has 2 aromatic carbocycles. The summed E-state index contributed by atoms with van der Waals surface area (Å²) in [6, 6.07) is 13.9. The first-order valence-corrected chi connectivity index (χ1v) is 13.0. The van der Waals surface area contributed by atoms with Gasteiger partial charge in [0, 0.05) is 44.3 Å². The molecule has 0 radical (unpaired) electrons. The average Bonchev–Trinajstić information content (AvgIpc) is 3.41. The first-order valence-electron chi connectivity index (χ1n) is 13.0. The predicted octanol–water partition coefficient (Wildman–Crippen LogP) is 4.80. The minimum atomic E-state index is -0.288. The van der Waals surface area contributed by atoms with E-state index in [1.54, 1.807) is 12.1 Å². The summed E-state index contributed by atoms with van der Waals surface area (Å²) in [4.78, 5) is 17.7. The van der Waals surface area contributed by atoms with Gasteiger partial charge in [0.1, 0.15) is 11.6 Å². The lowest BCUT2D eigenvalue weighted by Crippen LogP contribution is -2.51. The molecule has 7 nitrogen and oxygen atoms in total. The fourth-order valence-electron chi connectivity index (χ4n) is 4.59. The first-order chi connectivity index (χ1) is 17.5. The molecule has 2 amide bonds. The Bertz CT molecular complexity index is 940. The normalized spacial score (nSPS) is 17.4. The summed E-state index contributed by atoms with van der Waals surface area (Å²) >= 11 is 0. The van der Waals surface area contributed by atoms with Gasteiger partial charge in [-0.2, -0.15) is 0 Å². The summed E-state index contributed by atoms with van der Waals surface area (Å²) in [7, 11) is 0. The summed E-state index contributed by atoms with van der Waals surface area (Å²) in [5.41, 5.74) is 1.70. The maximum atomic E-state index is 13.4. The largest absolute Gasteiger partial charge is 0.493 e. The zero-order valence-electron chi connectivity index (χ0n) is 21.3. The Hall–Kier alpha value is -2.68.